The summed E-state index contributed by atoms with van der Waals surface area (Å²) in [6.45, 7) is 2.11. The summed E-state index contributed by atoms with van der Waals surface area (Å²) in [6.07, 6.45) is 4.32. The van der Waals surface area contributed by atoms with E-state index in [4.69, 9.17) is 0 Å². The van der Waals surface area contributed by atoms with Crippen LogP contribution in [0.5, 0.6) is 0 Å². The normalized spacial score (nSPS) is 24.8. The highest BCUT2D eigenvalue weighted by Crippen LogP contribution is 2.44. The van der Waals surface area contributed by atoms with Crippen molar-refractivity contribution in [2.45, 2.75) is 44.2 Å². The average molecular weight is 482 g/mol. The van der Waals surface area contributed by atoms with Crippen LogP contribution in [0.15, 0.2) is 53.0 Å². The van der Waals surface area contributed by atoms with E-state index in [0.29, 0.717) is 6.54 Å². The lowest BCUT2D eigenvalue weighted by Crippen LogP contribution is -2.61. The van der Waals surface area contributed by atoms with Crippen LogP contribution in [0.4, 0.5) is 4.79 Å². The number of nitrogens with zero attached hydrogens (tertiary/aromatic N) is 2. The molecule has 0 unspecified atom stereocenters. The van der Waals surface area contributed by atoms with Crippen molar-refractivity contribution < 1.29 is 9.59 Å². The zero-order valence-corrected chi connectivity index (χ0v) is 19.2. The number of carbonyl (C=O) groups is 2. The summed E-state index contributed by atoms with van der Waals surface area (Å²) < 4.78 is 1.08. The lowest BCUT2D eigenvalue weighted by molar-refractivity contribution is -0.148. The van der Waals surface area contributed by atoms with Crippen LogP contribution in [0, 0.1) is 5.92 Å². The molecule has 2 saturated heterocycles. The molecule has 5 nitrogen and oxygen atoms in total. The molecular weight excluding hydrogens is 454 g/mol. The number of halogens is 1. The second-order valence-electron chi connectivity index (χ2n) is 8.85. The Balaban J connectivity index is 1.31. The molecule has 3 heterocycles. The van der Waals surface area contributed by atoms with Crippen molar-refractivity contribution in [3.63, 3.8) is 0 Å². The number of nitrogens with one attached hydrogen (secondary N) is 1. The van der Waals surface area contributed by atoms with Crippen molar-refractivity contribution in [1.29, 1.82) is 0 Å². The third kappa shape index (κ3) is 3.98. The van der Waals surface area contributed by atoms with Crippen LogP contribution in [0.25, 0.3) is 0 Å². The van der Waals surface area contributed by atoms with Crippen molar-refractivity contribution in [3.05, 3.63) is 69.7 Å². The van der Waals surface area contributed by atoms with Gasteiger partial charge < -0.3 is 15.1 Å². The van der Waals surface area contributed by atoms with E-state index in [2.05, 4.69) is 56.5 Å². The fourth-order valence-electron chi connectivity index (χ4n) is 5.59. The molecule has 0 radical (unpaired) electrons. The molecule has 31 heavy (non-hydrogen) atoms. The molecule has 0 spiro atoms. The Morgan fingerprint density at radius 3 is 2.81 bits per heavy atom. The zero-order chi connectivity index (χ0) is 21.4. The molecule has 0 aliphatic carbocycles. The van der Waals surface area contributed by atoms with Gasteiger partial charge in [-0.25, -0.2) is 4.79 Å². The monoisotopic (exact) mass is 481 g/mol. The number of piperidine rings is 2. The van der Waals surface area contributed by atoms with Gasteiger partial charge in [0.15, 0.2) is 0 Å². The summed E-state index contributed by atoms with van der Waals surface area (Å²) in [5, 5.41) is 3.10. The van der Waals surface area contributed by atoms with Crippen LogP contribution in [-0.2, 0) is 17.6 Å². The van der Waals surface area contributed by atoms with Crippen LogP contribution < -0.4 is 5.32 Å². The van der Waals surface area contributed by atoms with Gasteiger partial charge in [0.05, 0.1) is 12.0 Å². The van der Waals surface area contributed by atoms with E-state index >= 15 is 0 Å². The predicted octanol–water partition coefficient (Wildman–Crippen LogP) is 4.31. The number of hydrogen-bond donors (Lipinski definition) is 1. The van der Waals surface area contributed by atoms with E-state index in [0.717, 1.165) is 49.7 Å². The Hall–Kier alpha value is -2.34. The molecule has 2 aromatic carbocycles. The maximum atomic E-state index is 13.4. The molecule has 3 amide bonds. The Kier molecular flexibility index (Phi) is 5.74. The molecule has 0 saturated carbocycles. The lowest BCUT2D eigenvalue weighted by atomic mass is 9.76. The fourth-order valence-corrected chi connectivity index (χ4v) is 6.00. The Labute approximate surface area is 191 Å². The van der Waals surface area contributed by atoms with E-state index in [1.165, 1.54) is 16.7 Å². The number of urea groups is 1. The summed E-state index contributed by atoms with van der Waals surface area (Å²) in [5.74, 6) is 0.165. The number of carbonyl (C=O) groups excluding carboxylic acids is 2. The number of amides is 3. The van der Waals surface area contributed by atoms with E-state index in [1.807, 2.05) is 23.1 Å². The minimum absolute atomic E-state index is 0.0196. The van der Waals surface area contributed by atoms with Crippen molar-refractivity contribution in [2.75, 3.05) is 19.6 Å². The van der Waals surface area contributed by atoms with Gasteiger partial charge in [0.1, 0.15) is 0 Å². The summed E-state index contributed by atoms with van der Waals surface area (Å²) in [5.41, 5.74) is 3.78. The highest BCUT2D eigenvalue weighted by atomic mass is 79.9. The minimum atomic E-state index is -0.0677. The SMILES string of the molecule is O=C1[C@H]2CCCN(C(=O)NCCc3ccccc3)[C@H]2C[C@H]2c3ccc(Br)cc3CCN12. The zero-order valence-electron chi connectivity index (χ0n) is 17.6. The average Bonchev–Trinajstić information content (AvgIpc) is 2.79. The summed E-state index contributed by atoms with van der Waals surface area (Å²) in [4.78, 5) is 30.5. The van der Waals surface area contributed by atoms with Crippen LogP contribution in [0.1, 0.15) is 42.0 Å². The lowest BCUT2D eigenvalue weighted by Gasteiger charge is -2.51. The number of benzene rings is 2. The van der Waals surface area contributed by atoms with Crippen molar-refractivity contribution in [1.82, 2.24) is 15.1 Å². The van der Waals surface area contributed by atoms with Gasteiger partial charge in [-0.3, -0.25) is 4.79 Å². The highest BCUT2D eigenvalue weighted by molar-refractivity contribution is 9.10. The second-order valence-corrected chi connectivity index (χ2v) is 9.77. The third-order valence-electron chi connectivity index (χ3n) is 7.10. The first kappa shape index (κ1) is 20.6. The van der Waals surface area contributed by atoms with Crippen molar-refractivity contribution >= 4 is 27.9 Å². The van der Waals surface area contributed by atoms with E-state index in [1.54, 1.807) is 0 Å². The van der Waals surface area contributed by atoms with Crippen molar-refractivity contribution in [2.24, 2.45) is 5.92 Å². The third-order valence-corrected chi connectivity index (χ3v) is 7.59. The smallest absolute Gasteiger partial charge is 0.317 e. The van der Waals surface area contributed by atoms with Crippen LogP contribution >= 0.6 is 15.9 Å². The summed E-state index contributed by atoms with van der Waals surface area (Å²) >= 11 is 3.57. The molecule has 1 N–H and O–H groups in total. The predicted molar refractivity (Wildman–Crippen MR) is 124 cm³/mol. The maximum absolute atomic E-state index is 13.4. The molecule has 0 aromatic heterocycles. The largest absolute Gasteiger partial charge is 0.338 e. The topological polar surface area (TPSA) is 52.7 Å². The van der Waals surface area contributed by atoms with Crippen molar-refractivity contribution in [3.8, 4) is 0 Å². The van der Waals surface area contributed by atoms with Gasteiger partial charge in [-0.05, 0) is 60.9 Å². The molecule has 3 aliphatic rings. The summed E-state index contributed by atoms with van der Waals surface area (Å²) in [7, 11) is 0. The Morgan fingerprint density at radius 2 is 1.97 bits per heavy atom. The first-order chi connectivity index (χ1) is 15.1. The van der Waals surface area contributed by atoms with Gasteiger partial charge in [-0.2, -0.15) is 0 Å². The van der Waals surface area contributed by atoms with Gasteiger partial charge in [-0.1, -0.05) is 52.3 Å². The van der Waals surface area contributed by atoms with Gasteiger partial charge in [-0.15, -0.1) is 0 Å². The van der Waals surface area contributed by atoms with E-state index < -0.39 is 0 Å². The molecule has 162 valence electrons. The second kappa shape index (κ2) is 8.65. The quantitative estimate of drug-likeness (QED) is 0.709. The Morgan fingerprint density at radius 1 is 1.13 bits per heavy atom. The molecule has 5 rings (SSSR count). The van der Waals surface area contributed by atoms with Crippen LogP contribution in [0.2, 0.25) is 0 Å². The number of likely N-dealkylation sites (tertiary alicyclic amines) is 1. The van der Waals surface area contributed by atoms with Gasteiger partial charge >= 0.3 is 6.03 Å². The molecular formula is C25H28BrN3O2. The van der Waals surface area contributed by atoms with Crippen LogP contribution in [-0.4, -0.2) is 47.4 Å². The maximum Gasteiger partial charge on any atom is 0.317 e. The fraction of sp³-hybridized carbons (Fsp3) is 0.440. The molecule has 0 bridgehead atoms. The van der Waals surface area contributed by atoms with E-state index in [9.17, 15) is 9.59 Å². The van der Waals surface area contributed by atoms with Gasteiger partial charge in [0.2, 0.25) is 5.91 Å². The van der Waals surface area contributed by atoms with Crippen LogP contribution in [0.3, 0.4) is 0 Å². The van der Waals surface area contributed by atoms with Gasteiger partial charge in [0.25, 0.3) is 0 Å². The molecule has 2 fully saturated rings. The minimum Gasteiger partial charge on any atom is -0.338 e. The number of fused-ring (bicyclic) bond motifs is 4. The van der Waals surface area contributed by atoms with Gasteiger partial charge in [0, 0.05) is 30.1 Å². The van der Waals surface area contributed by atoms with E-state index in [-0.39, 0.29) is 29.9 Å². The molecule has 2 aromatic rings. The highest BCUT2D eigenvalue weighted by Gasteiger charge is 2.48. The molecule has 6 heteroatoms. The standard InChI is InChI=1S/C25H28BrN3O2/c26-19-8-9-20-18(15-19)11-14-28-22(20)16-23-21(24(28)30)7-4-13-29(23)25(31)27-12-10-17-5-2-1-3-6-17/h1-3,5-6,8-9,15,21-23H,4,7,10-14,16H2,(H,27,31)/t21-,22-,23-/m0/s1. The molecule has 3 atom stereocenters. The summed E-state index contributed by atoms with van der Waals surface area (Å²) in [6, 6.07) is 16.6. The molecule has 3 aliphatic heterocycles. The Bertz CT molecular complexity index is 980. The first-order valence-corrected chi connectivity index (χ1v) is 12.1. The first-order valence-electron chi connectivity index (χ1n) is 11.3. The number of rotatable bonds is 3. The number of hydrogen-bond acceptors (Lipinski definition) is 2.